The fourth-order valence-electron chi connectivity index (χ4n) is 7.89. The second kappa shape index (κ2) is 11.0. The van der Waals surface area contributed by atoms with Crippen molar-refractivity contribution in [3.8, 4) is 56.4 Å². The standard InChI is InChI=1S/C48H28O2S/c1-2-12-37-35(10-1)36-11-3-4-13-38(36)42-27-29(20-22-39(37)42)31-24-32(30-21-23-45-46(28-30)50-44-18-7-6-17-43(44)49-45)26-33(25-31)34-15-9-16-41-40-14-5-8-19-47(40)51-48(34)41/h1-28H. The van der Waals surface area contributed by atoms with Crippen LogP contribution in [0.5, 0.6) is 23.0 Å². The molecule has 11 rings (SSSR count). The molecule has 0 atom stereocenters. The van der Waals surface area contributed by atoms with Crippen molar-refractivity contribution in [3.63, 3.8) is 0 Å². The minimum Gasteiger partial charge on any atom is -0.450 e. The van der Waals surface area contributed by atoms with Crippen molar-refractivity contribution in [2.24, 2.45) is 0 Å². The van der Waals surface area contributed by atoms with Gasteiger partial charge in [0.1, 0.15) is 0 Å². The van der Waals surface area contributed by atoms with E-state index >= 15 is 0 Å². The van der Waals surface area contributed by atoms with Crippen molar-refractivity contribution in [1.29, 1.82) is 0 Å². The Morgan fingerprint density at radius 1 is 0.294 bits per heavy atom. The van der Waals surface area contributed by atoms with Gasteiger partial charge in [0.05, 0.1) is 0 Å². The van der Waals surface area contributed by atoms with Gasteiger partial charge in [0, 0.05) is 20.2 Å². The maximum absolute atomic E-state index is 6.36. The van der Waals surface area contributed by atoms with Gasteiger partial charge in [-0.2, -0.15) is 0 Å². The molecule has 0 radical (unpaired) electrons. The minimum atomic E-state index is 0.716. The van der Waals surface area contributed by atoms with Gasteiger partial charge in [0.2, 0.25) is 0 Å². The predicted octanol–water partition coefficient (Wildman–Crippen LogP) is 14.4. The zero-order valence-electron chi connectivity index (χ0n) is 27.4. The molecule has 0 spiro atoms. The first-order chi connectivity index (χ1) is 25.2. The molecule has 0 unspecified atom stereocenters. The number of thiophene rings is 1. The van der Waals surface area contributed by atoms with Gasteiger partial charge in [-0.05, 0) is 120 Å². The van der Waals surface area contributed by atoms with Crippen molar-refractivity contribution in [3.05, 3.63) is 170 Å². The summed E-state index contributed by atoms with van der Waals surface area (Å²) in [5.41, 5.74) is 6.96. The summed E-state index contributed by atoms with van der Waals surface area (Å²) >= 11 is 1.87. The normalized spacial score (nSPS) is 12.2. The highest BCUT2D eigenvalue weighted by Gasteiger charge is 2.20. The molecule has 1 aromatic heterocycles. The van der Waals surface area contributed by atoms with Gasteiger partial charge < -0.3 is 9.47 Å². The average molecular weight is 669 g/mol. The molecule has 0 N–H and O–H groups in total. The van der Waals surface area contributed by atoms with Crippen molar-refractivity contribution in [2.75, 3.05) is 0 Å². The van der Waals surface area contributed by atoms with Crippen LogP contribution in [0.15, 0.2) is 170 Å². The highest BCUT2D eigenvalue weighted by atomic mass is 32.1. The molecule has 2 nitrogen and oxygen atoms in total. The third kappa shape index (κ3) is 4.49. The lowest BCUT2D eigenvalue weighted by molar-refractivity contribution is 0.360. The van der Waals surface area contributed by atoms with Gasteiger partial charge in [0.25, 0.3) is 0 Å². The van der Waals surface area contributed by atoms with Crippen LogP contribution in [0.4, 0.5) is 0 Å². The van der Waals surface area contributed by atoms with Crippen molar-refractivity contribution in [1.82, 2.24) is 0 Å². The Balaban J connectivity index is 1.14. The first-order valence-corrected chi connectivity index (χ1v) is 18.1. The van der Waals surface area contributed by atoms with Crippen molar-refractivity contribution >= 4 is 63.8 Å². The van der Waals surface area contributed by atoms with Crippen molar-refractivity contribution < 1.29 is 9.47 Å². The van der Waals surface area contributed by atoms with E-state index in [-0.39, 0.29) is 0 Å². The molecule has 0 saturated carbocycles. The predicted molar refractivity (Wildman–Crippen MR) is 215 cm³/mol. The molecule has 0 saturated heterocycles. The summed E-state index contributed by atoms with van der Waals surface area (Å²) < 4.78 is 15.2. The van der Waals surface area contributed by atoms with E-state index < -0.39 is 0 Å². The van der Waals surface area contributed by atoms with Crippen LogP contribution in [-0.4, -0.2) is 0 Å². The van der Waals surface area contributed by atoms with Crippen LogP contribution in [0.25, 0.3) is 85.9 Å². The first-order valence-electron chi connectivity index (χ1n) is 17.2. The van der Waals surface area contributed by atoms with Crippen LogP contribution >= 0.6 is 11.3 Å². The zero-order valence-corrected chi connectivity index (χ0v) is 28.2. The zero-order chi connectivity index (χ0) is 33.5. The summed E-state index contributed by atoms with van der Waals surface area (Å²) in [5, 5.41) is 10.2. The van der Waals surface area contributed by atoms with Crippen LogP contribution in [0.1, 0.15) is 0 Å². The van der Waals surface area contributed by atoms with E-state index in [9.17, 15) is 0 Å². The van der Waals surface area contributed by atoms with E-state index in [1.54, 1.807) is 0 Å². The largest absolute Gasteiger partial charge is 0.450 e. The van der Waals surface area contributed by atoms with E-state index in [2.05, 4.69) is 140 Å². The number of hydrogen-bond acceptors (Lipinski definition) is 3. The van der Waals surface area contributed by atoms with Gasteiger partial charge >= 0.3 is 0 Å². The second-order valence-corrected chi connectivity index (χ2v) is 14.3. The molecule has 0 aliphatic carbocycles. The Morgan fingerprint density at radius 3 is 1.53 bits per heavy atom. The minimum absolute atomic E-state index is 0.716. The SMILES string of the molecule is c1ccc2c(c1)Oc1ccc(-c3cc(-c4ccc5c6ccccc6c6ccccc6c5c4)cc(-c4cccc5c4sc4ccccc45)c3)cc1O2. The molecule has 9 aromatic carbocycles. The lowest BCUT2D eigenvalue weighted by Gasteiger charge is -2.21. The number of hydrogen-bond donors (Lipinski definition) is 0. The van der Waals surface area contributed by atoms with Crippen molar-refractivity contribution in [2.45, 2.75) is 0 Å². The summed E-state index contributed by atoms with van der Waals surface area (Å²) in [6.07, 6.45) is 0. The summed E-state index contributed by atoms with van der Waals surface area (Å²) in [4.78, 5) is 0. The number of benzene rings is 9. The fourth-order valence-corrected chi connectivity index (χ4v) is 9.12. The maximum atomic E-state index is 6.36. The fraction of sp³-hybridized carbons (Fsp3) is 0. The molecular formula is C48H28O2S. The summed E-state index contributed by atoms with van der Waals surface area (Å²) in [6.45, 7) is 0. The van der Waals surface area contributed by atoms with Crippen LogP contribution in [-0.2, 0) is 0 Å². The number of rotatable bonds is 3. The van der Waals surface area contributed by atoms with Crippen LogP contribution in [0.3, 0.4) is 0 Å². The lowest BCUT2D eigenvalue weighted by Crippen LogP contribution is -1.98. The number of ether oxygens (including phenoxy) is 2. The molecule has 1 aliphatic heterocycles. The van der Waals surface area contributed by atoms with Gasteiger partial charge in [-0.15, -0.1) is 11.3 Å². The lowest BCUT2D eigenvalue weighted by atomic mass is 9.89. The molecule has 51 heavy (non-hydrogen) atoms. The Bertz CT molecular complexity index is 3010. The monoisotopic (exact) mass is 668 g/mol. The first kappa shape index (κ1) is 28.4. The van der Waals surface area contributed by atoms with E-state index in [1.165, 1.54) is 74.7 Å². The second-order valence-electron chi connectivity index (χ2n) is 13.2. The quantitative estimate of drug-likeness (QED) is 0.174. The molecule has 0 bridgehead atoms. The maximum Gasteiger partial charge on any atom is 0.170 e. The molecule has 2 heterocycles. The van der Waals surface area contributed by atoms with E-state index in [4.69, 9.17) is 9.47 Å². The summed E-state index contributed by atoms with van der Waals surface area (Å²) in [5.74, 6) is 2.89. The van der Waals surface area contributed by atoms with Crippen LogP contribution in [0, 0.1) is 0 Å². The Hall–Kier alpha value is -6.42. The van der Waals surface area contributed by atoms with E-state index in [1.807, 2.05) is 41.7 Å². The Morgan fingerprint density at radius 2 is 0.804 bits per heavy atom. The topological polar surface area (TPSA) is 18.5 Å². The molecule has 10 aromatic rings. The molecule has 0 fully saturated rings. The average Bonchev–Trinajstić information content (AvgIpc) is 3.59. The summed E-state index contributed by atoms with van der Waals surface area (Å²) in [7, 11) is 0. The molecule has 3 heteroatoms. The molecule has 0 amide bonds. The van der Waals surface area contributed by atoms with Gasteiger partial charge in [-0.25, -0.2) is 0 Å². The van der Waals surface area contributed by atoms with E-state index in [0.717, 1.165) is 28.4 Å². The van der Waals surface area contributed by atoms with Crippen LogP contribution in [0.2, 0.25) is 0 Å². The van der Waals surface area contributed by atoms with Gasteiger partial charge in [-0.1, -0.05) is 115 Å². The molecular weight excluding hydrogens is 641 g/mol. The van der Waals surface area contributed by atoms with Crippen LogP contribution < -0.4 is 9.47 Å². The third-order valence-electron chi connectivity index (χ3n) is 10.3. The number of para-hydroxylation sites is 2. The Kier molecular flexibility index (Phi) is 6.16. The van der Waals surface area contributed by atoms with Gasteiger partial charge in [0.15, 0.2) is 23.0 Å². The summed E-state index contributed by atoms with van der Waals surface area (Å²) in [6, 6.07) is 61.0. The third-order valence-corrected chi connectivity index (χ3v) is 11.5. The van der Waals surface area contributed by atoms with E-state index in [0.29, 0.717) is 5.75 Å². The highest BCUT2D eigenvalue weighted by molar-refractivity contribution is 7.26. The Labute approximate surface area is 298 Å². The highest BCUT2D eigenvalue weighted by Crippen LogP contribution is 2.48. The smallest absolute Gasteiger partial charge is 0.170 e. The number of fused-ring (bicyclic) bond motifs is 11. The molecule has 1 aliphatic rings. The van der Waals surface area contributed by atoms with Gasteiger partial charge in [-0.3, -0.25) is 0 Å². The molecule has 238 valence electrons.